The Bertz CT molecular complexity index is 498. The Balaban J connectivity index is 2.67. The van der Waals surface area contributed by atoms with Crippen LogP contribution in [-0.2, 0) is 4.74 Å². The van der Waals surface area contributed by atoms with Crippen molar-refractivity contribution >= 4 is 11.8 Å². The zero-order chi connectivity index (χ0) is 14.3. The molecule has 0 saturated heterocycles. The predicted molar refractivity (Wildman–Crippen MR) is 75.0 cm³/mol. The van der Waals surface area contributed by atoms with E-state index in [0.717, 1.165) is 11.1 Å². The number of carbonyl (C=O) groups is 1. The van der Waals surface area contributed by atoms with Gasteiger partial charge in [0.15, 0.2) is 0 Å². The van der Waals surface area contributed by atoms with Gasteiger partial charge in [-0.3, -0.25) is 5.32 Å². The summed E-state index contributed by atoms with van der Waals surface area (Å²) in [4.78, 5) is 11.5. The highest BCUT2D eigenvalue weighted by atomic mass is 16.5. The lowest BCUT2D eigenvalue weighted by molar-refractivity contribution is 0.147. The second kappa shape index (κ2) is 7.45. The Morgan fingerprint density at radius 2 is 2.21 bits per heavy atom. The molecule has 19 heavy (non-hydrogen) atoms. The molecule has 0 radical (unpaired) electrons. The number of ether oxygens (including phenoxy) is 1. The van der Waals surface area contributed by atoms with Gasteiger partial charge < -0.3 is 9.84 Å². The van der Waals surface area contributed by atoms with Gasteiger partial charge in [0.2, 0.25) is 0 Å². The van der Waals surface area contributed by atoms with Gasteiger partial charge in [0.1, 0.15) is 6.61 Å². The largest absolute Gasteiger partial charge is 0.449 e. The van der Waals surface area contributed by atoms with Crippen LogP contribution in [-0.4, -0.2) is 24.4 Å². The van der Waals surface area contributed by atoms with Gasteiger partial charge in [0.05, 0.1) is 6.61 Å². The Morgan fingerprint density at radius 1 is 1.47 bits per heavy atom. The molecule has 0 atom stereocenters. The standard InChI is InChI=1S/C15H19NO3/c1-11(2)10-19-15(18)16-14-7-6-13(5-4-8-17)9-12(14)3/h6-7,9,11,17H,8,10H2,1-3H3,(H,16,18). The lowest BCUT2D eigenvalue weighted by Crippen LogP contribution is -2.17. The maximum Gasteiger partial charge on any atom is 0.411 e. The summed E-state index contributed by atoms with van der Waals surface area (Å²) >= 11 is 0. The van der Waals surface area contributed by atoms with Gasteiger partial charge in [-0.25, -0.2) is 4.79 Å². The Labute approximate surface area is 113 Å². The van der Waals surface area contributed by atoms with Crippen molar-refractivity contribution < 1.29 is 14.6 Å². The number of aryl methyl sites for hydroxylation is 1. The van der Waals surface area contributed by atoms with Gasteiger partial charge in [-0.2, -0.15) is 0 Å². The van der Waals surface area contributed by atoms with Crippen LogP contribution in [0.2, 0.25) is 0 Å². The maximum atomic E-state index is 11.5. The second-order valence-corrected chi connectivity index (χ2v) is 4.61. The van der Waals surface area contributed by atoms with Crippen LogP contribution in [0.15, 0.2) is 18.2 Å². The minimum absolute atomic E-state index is 0.166. The summed E-state index contributed by atoms with van der Waals surface area (Å²) in [6.45, 7) is 6.06. The number of hydrogen-bond donors (Lipinski definition) is 2. The van der Waals surface area contributed by atoms with E-state index in [-0.39, 0.29) is 6.61 Å². The van der Waals surface area contributed by atoms with Crippen molar-refractivity contribution in [1.29, 1.82) is 0 Å². The molecule has 2 N–H and O–H groups in total. The molecule has 1 rings (SSSR count). The van der Waals surface area contributed by atoms with Crippen LogP contribution in [0.1, 0.15) is 25.0 Å². The number of rotatable bonds is 3. The van der Waals surface area contributed by atoms with Gasteiger partial charge in [-0.1, -0.05) is 25.7 Å². The Morgan fingerprint density at radius 3 is 2.79 bits per heavy atom. The molecule has 4 heteroatoms. The van der Waals surface area contributed by atoms with Gasteiger partial charge in [0.25, 0.3) is 0 Å². The first kappa shape index (κ1) is 15.1. The van der Waals surface area contributed by atoms with Crippen LogP contribution in [0.25, 0.3) is 0 Å². The lowest BCUT2D eigenvalue weighted by atomic mass is 10.1. The van der Waals surface area contributed by atoms with Gasteiger partial charge in [0, 0.05) is 11.3 Å². The number of nitrogens with one attached hydrogen (secondary N) is 1. The molecule has 0 bridgehead atoms. The molecule has 0 aliphatic heterocycles. The fourth-order valence-electron chi connectivity index (χ4n) is 1.41. The monoisotopic (exact) mass is 261 g/mol. The van der Waals surface area contributed by atoms with Crippen molar-refractivity contribution in [3.05, 3.63) is 29.3 Å². The molecular formula is C15H19NO3. The van der Waals surface area contributed by atoms with E-state index in [4.69, 9.17) is 9.84 Å². The molecular weight excluding hydrogens is 242 g/mol. The fourth-order valence-corrected chi connectivity index (χ4v) is 1.41. The SMILES string of the molecule is Cc1cc(C#CCO)ccc1NC(=O)OCC(C)C. The number of amides is 1. The number of carbonyl (C=O) groups excluding carboxylic acids is 1. The normalized spacial score (nSPS) is 9.74. The number of benzene rings is 1. The Hall–Kier alpha value is -1.99. The highest BCUT2D eigenvalue weighted by molar-refractivity contribution is 5.85. The number of anilines is 1. The van der Waals surface area contributed by atoms with E-state index in [1.165, 1.54) is 0 Å². The van der Waals surface area contributed by atoms with Crippen LogP contribution in [0.5, 0.6) is 0 Å². The topological polar surface area (TPSA) is 58.6 Å². The zero-order valence-electron chi connectivity index (χ0n) is 11.5. The summed E-state index contributed by atoms with van der Waals surface area (Å²) in [5, 5.41) is 11.3. The van der Waals surface area contributed by atoms with Crippen molar-refractivity contribution in [3.63, 3.8) is 0 Å². The molecule has 0 saturated carbocycles. The predicted octanol–water partition coefficient (Wildman–Crippen LogP) is 2.54. The summed E-state index contributed by atoms with van der Waals surface area (Å²) in [6, 6.07) is 5.40. The lowest BCUT2D eigenvalue weighted by Gasteiger charge is -2.10. The molecule has 1 amide bonds. The van der Waals surface area contributed by atoms with Crippen LogP contribution in [0, 0.1) is 24.7 Å². The van der Waals surface area contributed by atoms with Crippen molar-refractivity contribution in [2.45, 2.75) is 20.8 Å². The molecule has 0 unspecified atom stereocenters. The zero-order valence-corrected chi connectivity index (χ0v) is 11.5. The van der Waals surface area contributed by atoms with E-state index in [0.29, 0.717) is 18.2 Å². The van der Waals surface area contributed by atoms with Crippen molar-refractivity contribution in [2.75, 3.05) is 18.5 Å². The second-order valence-electron chi connectivity index (χ2n) is 4.61. The van der Waals surface area contributed by atoms with Crippen molar-refractivity contribution in [1.82, 2.24) is 0 Å². The van der Waals surface area contributed by atoms with Gasteiger partial charge in [-0.15, -0.1) is 0 Å². The first-order chi connectivity index (χ1) is 9.02. The third-order valence-electron chi connectivity index (χ3n) is 2.32. The summed E-state index contributed by atoms with van der Waals surface area (Å²) in [6.07, 6.45) is -0.453. The van der Waals surface area contributed by atoms with Crippen LogP contribution < -0.4 is 5.32 Å². The molecule has 0 heterocycles. The minimum Gasteiger partial charge on any atom is -0.449 e. The first-order valence-electron chi connectivity index (χ1n) is 6.17. The summed E-state index contributed by atoms with van der Waals surface area (Å²) in [5.74, 6) is 5.70. The summed E-state index contributed by atoms with van der Waals surface area (Å²) < 4.78 is 5.05. The van der Waals surface area contributed by atoms with Crippen LogP contribution in [0.3, 0.4) is 0 Å². The highest BCUT2D eigenvalue weighted by Crippen LogP contribution is 2.16. The highest BCUT2D eigenvalue weighted by Gasteiger charge is 2.06. The van der Waals surface area contributed by atoms with Crippen LogP contribution >= 0.6 is 0 Å². The van der Waals surface area contributed by atoms with Gasteiger partial charge >= 0.3 is 6.09 Å². The molecule has 1 aromatic carbocycles. The Kier molecular flexibility index (Phi) is 5.91. The average Bonchev–Trinajstić information content (AvgIpc) is 2.37. The number of hydrogen-bond acceptors (Lipinski definition) is 3. The summed E-state index contributed by atoms with van der Waals surface area (Å²) in [7, 11) is 0. The van der Waals surface area contributed by atoms with E-state index in [2.05, 4.69) is 17.2 Å². The molecule has 1 aromatic rings. The van der Waals surface area contributed by atoms with Crippen molar-refractivity contribution in [2.24, 2.45) is 5.92 Å². The maximum absolute atomic E-state index is 11.5. The van der Waals surface area contributed by atoms with Crippen LogP contribution in [0.4, 0.5) is 10.5 Å². The van der Waals surface area contributed by atoms with E-state index in [1.54, 1.807) is 12.1 Å². The summed E-state index contributed by atoms with van der Waals surface area (Å²) in [5.41, 5.74) is 2.39. The van der Waals surface area contributed by atoms with Crippen molar-refractivity contribution in [3.8, 4) is 11.8 Å². The smallest absolute Gasteiger partial charge is 0.411 e. The van der Waals surface area contributed by atoms with E-state index in [9.17, 15) is 4.79 Å². The molecule has 0 aliphatic carbocycles. The molecule has 0 aromatic heterocycles. The average molecular weight is 261 g/mol. The third kappa shape index (κ3) is 5.45. The molecule has 0 aliphatic rings. The minimum atomic E-state index is -0.453. The van der Waals surface area contributed by atoms with E-state index < -0.39 is 6.09 Å². The number of aliphatic hydroxyl groups is 1. The quantitative estimate of drug-likeness (QED) is 0.822. The molecule has 0 fully saturated rings. The van der Waals surface area contributed by atoms with E-state index >= 15 is 0 Å². The van der Waals surface area contributed by atoms with E-state index in [1.807, 2.05) is 26.8 Å². The number of aliphatic hydroxyl groups excluding tert-OH is 1. The third-order valence-corrected chi connectivity index (χ3v) is 2.32. The fraction of sp³-hybridized carbons (Fsp3) is 0.400. The molecule has 102 valence electrons. The molecule has 0 spiro atoms. The first-order valence-corrected chi connectivity index (χ1v) is 6.17. The molecule has 4 nitrogen and oxygen atoms in total. The van der Waals surface area contributed by atoms with Gasteiger partial charge in [-0.05, 0) is 36.6 Å².